The summed E-state index contributed by atoms with van der Waals surface area (Å²) in [5, 5.41) is 8.58. The Balaban J connectivity index is 2.38. The van der Waals surface area contributed by atoms with Crippen LogP contribution in [0.25, 0.3) is 5.52 Å². The standard InChI is InChI=1S/C8H11N3O2/c9-8-2-1-7-3-4-10(11(7)8)13-6-5-12/h1-4,12H,5-6,9H2. The van der Waals surface area contributed by atoms with Gasteiger partial charge in [-0.15, -0.1) is 4.85 Å². The van der Waals surface area contributed by atoms with Crippen molar-refractivity contribution in [2.45, 2.75) is 0 Å². The third kappa shape index (κ3) is 1.23. The number of rotatable bonds is 3. The number of aliphatic hydroxyl groups is 1. The molecule has 13 heavy (non-hydrogen) atoms. The second-order valence-electron chi connectivity index (χ2n) is 2.67. The van der Waals surface area contributed by atoms with Crippen LogP contribution >= 0.6 is 0 Å². The van der Waals surface area contributed by atoms with Gasteiger partial charge in [0, 0.05) is 0 Å². The summed E-state index contributed by atoms with van der Waals surface area (Å²) in [6, 6.07) is 5.58. The molecule has 0 bridgehead atoms. The lowest BCUT2D eigenvalue weighted by Gasteiger charge is -2.06. The van der Waals surface area contributed by atoms with Crippen LogP contribution in [0.1, 0.15) is 0 Å². The van der Waals surface area contributed by atoms with Crippen molar-refractivity contribution in [2.75, 3.05) is 18.9 Å². The molecule has 0 amide bonds. The number of anilines is 1. The molecule has 0 atom stereocenters. The molecule has 2 aromatic heterocycles. The summed E-state index contributed by atoms with van der Waals surface area (Å²) < 4.78 is 1.72. The highest BCUT2D eigenvalue weighted by atomic mass is 16.7. The zero-order valence-corrected chi connectivity index (χ0v) is 7.05. The van der Waals surface area contributed by atoms with Crippen molar-refractivity contribution in [3.8, 4) is 0 Å². The third-order valence-electron chi connectivity index (χ3n) is 1.80. The van der Waals surface area contributed by atoms with E-state index in [4.69, 9.17) is 15.7 Å². The number of nitrogens with zero attached hydrogens (tertiary/aromatic N) is 2. The molecule has 2 aromatic rings. The summed E-state index contributed by atoms with van der Waals surface area (Å²) in [5.74, 6) is 0.609. The maximum Gasteiger partial charge on any atom is 0.140 e. The van der Waals surface area contributed by atoms with Gasteiger partial charge in [0.2, 0.25) is 0 Å². The predicted octanol–water partition coefficient (Wildman–Crippen LogP) is -0.256. The fourth-order valence-electron chi connectivity index (χ4n) is 1.26. The van der Waals surface area contributed by atoms with Crippen LogP contribution in [0.2, 0.25) is 0 Å². The zero-order valence-electron chi connectivity index (χ0n) is 7.05. The van der Waals surface area contributed by atoms with Gasteiger partial charge in [0.05, 0.1) is 18.3 Å². The van der Waals surface area contributed by atoms with Gasteiger partial charge in [-0.1, -0.05) is 0 Å². The second kappa shape index (κ2) is 3.02. The summed E-state index contributed by atoms with van der Waals surface area (Å²) in [7, 11) is 0. The smallest absolute Gasteiger partial charge is 0.140 e. The molecule has 2 rings (SSSR count). The monoisotopic (exact) mass is 181 g/mol. The number of aliphatic hydroxyl groups excluding tert-OH is 1. The fourth-order valence-corrected chi connectivity index (χ4v) is 1.26. The highest BCUT2D eigenvalue weighted by Crippen LogP contribution is 2.11. The molecule has 2 heterocycles. The first-order valence-electron chi connectivity index (χ1n) is 4.01. The zero-order chi connectivity index (χ0) is 9.26. The molecular weight excluding hydrogens is 170 g/mol. The van der Waals surface area contributed by atoms with Gasteiger partial charge in [-0.2, -0.15) is 0 Å². The quantitative estimate of drug-likeness (QED) is 0.686. The van der Waals surface area contributed by atoms with Crippen LogP contribution < -0.4 is 10.6 Å². The Kier molecular flexibility index (Phi) is 1.86. The molecule has 0 unspecified atom stereocenters. The molecule has 0 aliphatic carbocycles. The number of hydrogen-bond acceptors (Lipinski definition) is 3. The van der Waals surface area contributed by atoms with E-state index >= 15 is 0 Å². The first kappa shape index (κ1) is 8.00. The van der Waals surface area contributed by atoms with Crippen LogP contribution in [-0.2, 0) is 0 Å². The van der Waals surface area contributed by atoms with Crippen molar-refractivity contribution >= 4 is 11.3 Å². The molecule has 70 valence electrons. The Morgan fingerprint density at radius 1 is 1.38 bits per heavy atom. The fraction of sp³-hybridized carbons (Fsp3) is 0.250. The molecule has 0 fully saturated rings. The average Bonchev–Trinajstić information content (AvgIpc) is 2.67. The Labute approximate surface area is 74.9 Å². The number of fused-ring (bicyclic) bond motifs is 1. The maximum absolute atomic E-state index is 8.58. The van der Waals surface area contributed by atoms with Crippen LogP contribution in [-0.4, -0.2) is 27.7 Å². The predicted molar refractivity (Wildman–Crippen MR) is 48.3 cm³/mol. The Morgan fingerprint density at radius 3 is 3.00 bits per heavy atom. The van der Waals surface area contributed by atoms with Crippen molar-refractivity contribution in [1.82, 2.24) is 9.36 Å². The number of nitrogen functional groups attached to an aromatic ring is 1. The van der Waals surface area contributed by atoms with E-state index in [0.29, 0.717) is 5.82 Å². The van der Waals surface area contributed by atoms with E-state index in [9.17, 15) is 0 Å². The molecule has 0 aliphatic rings. The van der Waals surface area contributed by atoms with Gasteiger partial charge in [-0.25, -0.2) is 4.52 Å². The molecular formula is C8H11N3O2. The molecule has 0 saturated carbocycles. The normalized spacial score (nSPS) is 10.8. The van der Waals surface area contributed by atoms with Gasteiger partial charge in [0.1, 0.15) is 12.4 Å². The summed E-state index contributed by atoms with van der Waals surface area (Å²) in [6.07, 6.45) is 1.75. The van der Waals surface area contributed by atoms with Gasteiger partial charge in [0.15, 0.2) is 0 Å². The minimum absolute atomic E-state index is 0.0130. The van der Waals surface area contributed by atoms with E-state index in [-0.39, 0.29) is 13.2 Å². The molecule has 0 saturated heterocycles. The van der Waals surface area contributed by atoms with Gasteiger partial charge in [-0.05, 0) is 18.2 Å². The SMILES string of the molecule is Nc1ccc2ccn(OCCO)n12. The lowest BCUT2D eigenvalue weighted by Crippen LogP contribution is -2.19. The van der Waals surface area contributed by atoms with Gasteiger partial charge in [-0.3, -0.25) is 0 Å². The molecule has 0 aromatic carbocycles. The van der Waals surface area contributed by atoms with E-state index in [1.54, 1.807) is 16.8 Å². The van der Waals surface area contributed by atoms with Gasteiger partial charge in [0.25, 0.3) is 0 Å². The molecule has 5 heteroatoms. The lowest BCUT2D eigenvalue weighted by molar-refractivity contribution is 0.0484. The summed E-state index contributed by atoms with van der Waals surface area (Å²) in [4.78, 5) is 6.70. The summed E-state index contributed by atoms with van der Waals surface area (Å²) in [5.41, 5.74) is 6.66. The van der Waals surface area contributed by atoms with E-state index in [2.05, 4.69) is 0 Å². The van der Waals surface area contributed by atoms with Crippen molar-refractivity contribution in [3.05, 3.63) is 24.4 Å². The molecule has 3 N–H and O–H groups in total. The van der Waals surface area contributed by atoms with Crippen molar-refractivity contribution in [3.63, 3.8) is 0 Å². The molecule has 5 nitrogen and oxygen atoms in total. The first-order valence-corrected chi connectivity index (χ1v) is 4.01. The van der Waals surface area contributed by atoms with E-state index in [1.807, 2.05) is 12.1 Å². The van der Waals surface area contributed by atoms with Crippen LogP contribution in [0.4, 0.5) is 5.82 Å². The molecule has 0 aliphatic heterocycles. The molecule has 0 spiro atoms. The highest BCUT2D eigenvalue weighted by molar-refractivity contribution is 5.54. The number of aromatic nitrogens is 2. The first-order chi connectivity index (χ1) is 6.33. The van der Waals surface area contributed by atoms with Gasteiger partial charge < -0.3 is 15.7 Å². The Morgan fingerprint density at radius 2 is 2.23 bits per heavy atom. The highest BCUT2D eigenvalue weighted by Gasteiger charge is 2.02. The number of nitrogens with two attached hydrogens (primary N) is 1. The van der Waals surface area contributed by atoms with Crippen LogP contribution in [0.5, 0.6) is 0 Å². The Bertz CT molecular complexity index is 404. The van der Waals surface area contributed by atoms with E-state index < -0.39 is 0 Å². The summed E-state index contributed by atoms with van der Waals surface area (Å²) >= 11 is 0. The van der Waals surface area contributed by atoms with Crippen LogP contribution in [0.15, 0.2) is 24.4 Å². The lowest BCUT2D eigenvalue weighted by atomic mass is 10.5. The minimum atomic E-state index is -0.0130. The van der Waals surface area contributed by atoms with Crippen molar-refractivity contribution in [1.29, 1.82) is 0 Å². The summed E-state index contributed by atoms with van der Waals surface area (Å²) in [6.45, 7) is 0.238. The minimum Gasteiger partial charge on any atom is -0.396 e. The second-order valence-corrected chi connectivity index (χ2v) is 2.67. The average molecular weight is 181 g/mol. The van der Waals surface area contributed by atoms with Crippen molar-refractivity contribution in [2.24, 2.45) is 0 Å². The van der Waals surface area contributed by atoms with Gasteiger partial charge >= 0.3 is 0 Å². The topological polar surface area (TPSA) is 64.8 Å². The van der Waals surface area contributed by atoms with Crippen molar-refractivity contribution < 1.29 is 9.94 Å². The van der Waals surface area contributed by atoms with E-state index in [0.717, 1.165) is 5.52 Å². The largest absolute Gasteiger partial charge is 0.396 e. The van der Waals surface area contributed by atoms with Crippen LogP contribution in [0, 0.1) is 0 Å². The third-order valence-corrected chi connectivity index (χ3v) is 1.80. The maximum atomic E-state index is 8.58. The number of hydrogen-bond donors (Lipinski definition) is 2. The van der Waals surface area contributed by atoms with E-state index in [1.165, 1.54) is 4.85 Å². The molecule has 0 radical (unpaired) electrons. The van der Waals surface area contributed by atoms with Crippen LogP contribution in [0.3, 0.4) is 0 Å². The Hall–Kier alpha value is -1.62.